The number of nitrogens with zero attached hydrogens (tertiary/aromatic N) is 3. The van der Waals surface area contributed by atoms with Crippen LogP contribution in [0, 0.1) is 5.82 Å². The second kappa shape index (κ2) is 8.85. The third kappa shape index (κ3) is 3.89. The molecule has 4 aromatic rings. The number of hydrogen-bond donors (Lipinski definition) is 2. The number of carbonyl (C=O) groups excluding carboxylic acids is 1. The van der Waals surface area contributed by atoms with E-state index in [0.29, 0.717) is 30.8 Å². The van der Waals surface area contributed by atoms with Gasteiger partial charge in [-0.05, 0) is 41.0 Å². The van der Waals surface area contributed by atoms with Crippen molar-refractivity contribution < 1.29 is 13.9 Å². The number of aromatic nitrogens is 3. The molecule has 8 nitrogen and oxygen atoms in total. The van der Waals surface area contributed by atoms with E-state index in [1.54, 1.807) is 37.0 Å². The lowest BCUT2D eigenvalue weighted by Crippen LogP contribution is -2.38. The van der Waals surface area contributed by atoms with Crippen LogP contribution in [0.4, 0.5) is 4.39 Å². The summed E-state index contributed by atoms with van der Waals surface area (Å²) >= 11 is 0. The highest BCUT2D eigenvalue weighted by Crippen LogP contribution is 2.26. The Morgan fingerprint density at radius 2 is 2.15 bits per heavy atom. The number of aromatic amines is 1. The smallest absolute Gasteiger partial charge is 0.275 e. The van der Waals surface area contributed by atoms with Crippen molar-refractivity contribution in [2.24, 2.45) is 0 Å². The standard InChI is InChI=1S/C25H24FN5O3/c1-27-24(32)19-5-4-16(12-28-19)17-7-9-30(14-22(17)34-2)13-15-3-6-21-20(11-15)29-25(33)23-18(26)8-10-31(21)23/h3-8,10-12,22H,9,13-14H2,1-2H3,(H,27,32)(H,29,33). The van der Waals surface area contributed by atoms with Crippen molar-refractivity contribution in [3.8, 4) is 0 Å². The zero-order valence-electron chi connectivity index (χ0n) is 18.8. The molecule has 1 aliphatic heterocycles. The maximum absolute atomic E-state index is 13.9. The number of benzene rings is 1. The fraction of sp³-hybridized carbons (Fsp3) is 0.240. The van der Waals surface area contributed by atoms with Crippen LogP contribution in [-0.4, -0.2) is 58.5 Å². The molecule has 0 fully saturated rings. The lowest BCUT2D eigenvalue weighted by atomic mass is 9.97. The Kier molecular flexibility index (Phi) is 5.72. The molecule has 1 aromatic carbocycles. The molecular weight excluding hydrogens is 437 g/mol. The Bertz CT molecular complexity index is 1470. The van der Waals surface area contributed by atoms with E-state index in [1.807, 2.05) is 24.3 Å². The second-order valence-electron chi connectivity index (χ2n) is 8.28. The third-order valence-corrected chi connectivity index (χ3v) is 6.21. The number of ether oxygens (including phenoxy) is 1. The van der Waals surface area contributed by atoms with Crippen molar-refractivity contribution in [3.05, 3.63) is 87.9 Å². The minimum Gasteiger partial charge on any atom is -0.375 e. The number of fused-ring (bicyclic) bond motifs is 3. The van der Waals surface area contributed by atoms with Crippen LogP contribution in [0.3, 0.4) is 0 Å². The first-order valence-electron chi connectivity index (χ1n) is 10.9. The maximum atomic E-state index is 13.9. The molecule has 3 aromatic heterocycles. The molecule has 174 valence electrons. The van der Waals surface area contributed by atoms with Gasteiger partial charge in [-0.1, -0.05) is 18.2 Å². The second-order valence-corrected chi connectivity index (χ2v) is 8.28. The van der Waals surface area contributed by atoms with Crippen LogP contribution >= 0.6 is 0 Å². The van der Waals surface area contributed by atoms with Gasteiger partial charge in [0.05, 0.1) is 17.1 Å². The van der Waals surface area contributed by atoms with E-state index < -0.39 is 11.4 Å². The summed E-state index contributed by atoms with van der Waals surface area (Å²) in [5, 5.41) is 2.57. The van der Waals surface area contributed by atoms with Crippen LogP contribution in [0.15, 0.2) is 59.7 Å². The van der Waals surface area contributed by atoms with Crippen molar-refractivity contribution in [1.82, 2.24) is 24.6 Å². The molecule has 1 atom stereocenters. The summed E-state index contributed by atoms with van der Waals surface area (Å²) in [7, 11) is 3.25. The van der Waals surface area contributed by atoms with Crippen LogP contribution in [-0.2, 0) is 11.3 Å². The van der Waals surface area contributed by atoms with E-state index in [0.717, 1.165) is 22.2 Å². The normalized spacial score (nSPS) is 16.7. The molecule has 0 saturated heterocycles. The lowest BCUT2D eigenvalue weighted by molar-refractivity contribution is 0.0958. The van der Waals surface area contributed by atoms with Gasteiger partial charge in [0.2, 0.25) is 0 Å². The van der Waals surface area contributed by atoms with Gasteiger partial charge in [0.15, 0.2) is 5.82 Å². The number of rotatable bonds is 5. The van der Waals surface area contributed by atoms with Crippen molar-refractivity contribution in [3.63, 3.8) is 0 Å². The van der Waals surface area contributed by atoms with Crippen molar-refractivity contribution in [1.29, 1.82) is 0 Å². The number of H-pyrrole nitrogens is 1. The number of hydrogen-bond acceptors (Lipinski definition) is 5. The van der Waals surface area contributed by atoms with E-state index in [4.69, 9.17) is 4.74 Å². The summed E-state index contributed by atoms with van der Waals surface area (Å²) in [6, 6.07) is 10.7. The number of carbonyl (C=O) groups is 1. The zero-order chi connectivity index (χ0) is 23.8. The molecule has 9 heteroatoms. The highest BCUT2D eigenvalue weighted by atomic mass is 19.1. The molecule has 1 amide bonds. The van der Waals surface area contributed by atoms with E-state index in [1.165, 1.54) is 6.07 Å². The monoisotopic (exact) mass is 461 g/mol. The van der Waals surface area contributed by atoms with Gasteiger partial charge in [-0.15, -0.1) is 0 Å². The molecule has 1 unspecified atom stereocenters. The zero-order valence-corrected chi connectivity index (χ0v) is 18.8. The largest absolute Gasteiger partial charge is 0.375 e. The molecule has 2 N–H and O–H groups in total. The van der Waals surface area contributed by atoms with Crippen molar-refractivity contribution in [2.75, 3.05) is 27.2 Å². The third-order valence-electron chi connectivity index (χ3n) is 6.21. The molecule has 0 aliphatic carbocycles. The van der Waals surface area contributed by atoms with Gasteiger partial charge < -0.3 is 19.4 Å². The molecular formula is C25H24FN5O3. The molecule has 0 radical (unpaired) electrons. The number of pyridine rings is 1. The first-order chi connectivity index (χ1) is 16.5. The summed E-state index contributed by atoms with van der Waals surface area (Å²) in [5.74, 6) is -0.759. The summed E-state index contributed by atoms with van der Waals surface area (Å²) < 4.78 is 21.3. The lowest BCUT2D eigenvalue weighted by Gasteiger charge is -2.32. The van der Waals surface area contributed by atoms with Crippen LogP contribution in [0.5, 0.6) is 0 Å². The van der Waals surface area contributed by atoms with Gasteiger partial charge in [-0.25, -0.2) is 4.39 Å². The number of nitrogens with one attached hydrogen (secondary N) is 2. The predicted octanol–water partition coefficient (Wildman–Crippen LogP) is 2.59. The highest BCUT2D eigenvalue weighted by molar-refractivity contribution is 5.92. The number of amides is 1. The average Bonchev–Trinajstić information content (AvgIpc) is 3.25. The fourth-order valence-corrected chi connectivity index (χ4v) is 4.49. The Balaban J connectivity index is 1.37. The van der Waals surface area contributed by atoms with E-state index in [9.17, 15) is 14.0 Å². The number of methoxy groups -OCH3 is 1. The summed E-state index contributed by atoms with van der Waals surface area (Å²) in [6.45, 7) is 2.05. The SMILES string of the molecule is CNC(=O)c1ccc(C2=CCN(Cc3ccc4c(c3)[nH]c(=O)c3c(F)ccn34)CC2OC)cn1. The quantitative estimate of drug-likeness (QED) is 0.477. The van der Waals surface area contributed by atoms with Crippen LogP contribution < -0.4 is 10.9 Å². The number of halogens is 1. The fourth-order valence-electron chi connectivity index (χ4n) is 4.49. The Labute approximate surface area is 194 Å². The first-order valence-corrected chi connectivity index (χ1v) is 10.9. The van der Waals surface area contributed by atoms with Crippen molar-refractivity contribution in [2.45, 2.75) is 12.6 Å². The van der Waals surface area contributed by atoms with E-state index in [2.05, 4.69) is 26.3 Å². The summed E-state index contributed by atoms with van der Waals surface area (Å²) in [5.41, 5.74) is 4.32. The molecule has 34 heavy (non-hydrogen) atoms. The van der Waals surface area contributed by atoms with Crippen LogP contribution in [0.2, 0.25) is 0 Å². The van der Waals surface area contributed by atoms with Gasteiger partial charge in [-0.2, -0.15) is 0 Å². The predicted molar refractivity (Wildman–Crippen MR) is 127 cm³/mol. The van der Waals surface area contributed by atoms with E-state index in [-0.39, 0.29) is 17.5 Å². The minimum absolute atomic E-state index is 0.0229. The average molecular weight is 461 g/mol. The molecule has 4 heterocycles. The molecule has 0 spiro atoms. The Morgan fingerprint density at radius 1 is 1.29 bits per heavy atom. The molecule has 5 rings (SSSR count). The van der Waals surface area contributed by atoms with Crippen LogP contribution in [0.25, 0.3) is 22.1 Å². The highest BCUT2D eigenvalue weighted by Gasteiger charge is 2.24. The van der Waals surface area contributed by atoms with Gasteiger partial charge in [0.1, 0.15) is 11.2 Å². The van der Waals surface area contributed by atoms with Gasteiger partial charge >= 0.3 is 0 Å². The van der Waals surface area contributed by atoms with Gasteiger partial charge in [0, 0.05) is 46.2 Å². The first kappa shape index (κ1) is 22.0. The molecule has 1 aliphatic rings. The van der Waals surface area contributed by atoms with Gasteiger partial charge in [0.25, 0.3) is 11.5 Å². The summed E-state index contributed by atoms with van der Waals surface area (Å²) in [4.78, 5) is 33.4. The molecule has 0 saturated carbocycles. The van der Waals surface area contributed by atoms with E-state index >= 15 is 0 Å². The van der Waals surface area contributed by atoms with Crippen LogP contribution in [0.1, 0.15) is 21.6 Å². The summed E-state index contributed by atoms with van der Waals surface area (Å²) in [6.07, 6.45) is 5.23. The van der Waals surface area contributed by atoms with Gasteiger partial charge in [-0.3, -0.25) is 19.5 Å². The van der Waals surface area contributed by atoms with Crippen molar-refractivity contribution >= 4 is 28.0 Å². The minimum atomic E-state index is -0.535. The Morgan fingerprint density at radius 3 is 2.88 bits per heavy atom. The topological polar surface area (TPSA) is 91.7 Å². The maximum Gasteiger partial charge on any atom is 0.275 e. The molecule has 0 bridgehead atoms. The Hall–Kier alpha value is -3.82.